The Balaban J connectivity index is 1.79. The fourth-order valence-electron chi connectivity index (χ4n) is 3.89. The number of ether oxygens (including phenoxy) is 2. The van der Waals surface area contributed by atoms with Crippen LogP contribution < -0.4 is 14.8 Å². The molecule has 208 valence electrons. The van der Waals surface area contributed by atoms with Crippen LogP contribution in [0.25, 0.3) is 0 Å². The van der Waals surface area contributed by atoms with Gasteiger partial charge >= 0.3 is 6.18 Å². The number of methoxy groups -OCH3 is 1. The molecule has 1 amide bonds. The average Bonchev–Trinajstić information content (AvgIpc) is 2.82. The van der Waals surface area contributed by atoms with Gasteiger partial charge in [-0.05, 0) is 49.9 Å². The third kappa shape index (κ3) is 5.62. The summed E-state index contributed by atoms with van der Waals surface area (Å²) >= 11 is 0. The minimum atomic E-state index is -5.01. The number of halogens is 5. The van der Waals surface area contributed by atoms with Gasteiger partial charge in [-0.2, -0.15) is 13.2 Å². The molecule has 4 rings (SSSR count). The van der Waals surface area contributed by atoms with Crippen LogP contribution in [0.15, 0.2) is 35.2 Å². The van der Waals surface area contributed by atoms with E-state index in [1.807, 2.05) is 0 Å². The first-order chi connectivity index (χ1) is 18.1. The zero-order valence-electron chi connectivity index (χ0n) is 20.7. The second-order valence-electron chi connectivity index (χ2n) is 8.85. The van der Waals surface area contributed by atoms with Crippen molar-refractivity contribution in [2.75, 3.05) is 18.7 Å². The van der Waals surface area contributed by atoms with E-state index in [0.717, 1.165) is 32.4 Å². The van der Waals surface area contributed by atoms with Gasteiger partial charge in [-0.1, -0.05) is 6.07 Å². The molecule has 0 atom stereocenters. The van der Waals surface area contributed by atoms with E-state index in [1.54, 1.807) is 0 Å². The second kappa shape index (κ2) is 10.0. The molecule has 1 aromatic carbocycles. The van der Waals surface area contributed by atoms with Gasteiger partial charge in [-0.25, -0.2) is 22.2 Å². The van der Waals surface area contributed by atoms with Crippen LogP contribution in [0.3, 0.4) is 0 Å². The molecular formula is C24H21F5N4O5S. The van der Waals surface area contributed by atoms with E-state index in [1.165, 1.54) is 18.2 Å². The van der Waals surface area contributed by atoms with Crippen LogP contribution in [0.1, 0.15) is 46.6 Å². The molecule has 1 aliphatic rings. The molecule has 1 N–H and O–H groups in total. The summed E-state index contributed by atoms with van der Waals surface area (Å²) < 4.78 is 105. The van der Waals surface area contributed by atoms with E-state index in [4.69, 9.17) is 9.47 Å². The highest BCUT2D eigenvalue weighted by Crippen LogP contribution is 2.46. The van der Waals surface area contributed by atoms with Crippen molar-refractivity contribution in [3.63, 3.8) is 0 Å². The predicted octanol–water partition coefficient (Wildman–Crippen LogP) is 5.14. The minimum absolute atomic E-state index is 0.0674. The topological polar surface area (TPSA) is 120 Å². The Bertz CT molecular complexity index is 1560. The van der Waals surface area contributed by atoms with Gasteiger partial charge in [0, 0.05) is 18.0 Å². The number of amides is 1. The molecule has 0 unspecified atom stereocenters. The number of hydrogen-bond donors (Lipinski definition) is 1. The third-order valence-corrected chi connectivity index (χ3v) is 7.20. The molecule has 3 aromatic rings. The van der Waals surface area contributed by atoms with Gasteiger partial charge in [-0.15, -0.1) is 10.2 Å². The van der Waals surface area contributed by atoms with E-state index < -0.39 is 67.7 Å². The third-order valence-electron chi connectivity index (χ3n) is 6.09. The van der Waals surface area contributed by atoms with Crippen molar-refractivity contribution < 1.29 is 44.6 Å². The molecule has 1 aliphatic carbocycles. The molecule has 0 aliphatic heterocycles. The highest BCUT2D eigenvalue weighted by molar-refractivity contribution is 7.90. The average molecular weight is 573 g/mol. The van der Waals surface area contributed by atoms with Crippen LogP contribution in [0.5, 0.6) is 17.5 Å². The number of benzene rings is 1. The summed E-state index contributed by atoms with van der Waals surface area (Å²) in [6, 6.07) is 5.76. The Morgan fingerprint density at radius 3 is 2.38 bits per heavy atom. The number of aromatic nitrogens is 3. The molecule has 0 spiro atoms. The van der Waals surface area contributed by atoms with E-state index >= 15 is 4.39 Å². The number of anilines is 1. The Labute approximate surface area is 219 Å². The molecule has 39 heavy (non-hydrogen) atoms. The number of carbonyl (C=O) groups excluding carboxylic acids is 1. The van der Waals surface area contributed by atoms with Crippen molar-refractivity contribution >= 4 is 21.4 Å². The number of alkyl halides is 4. The molecule has 1 fully saturated rings. The Morgan fingerprint density at radius 1 is 1.13 bits per heavy atom. The van der Waals surface area contributed by atoms with Crippen molar-refractivity contribution in [3.8, 4) is 17.5 Å². The number of carbonyl (C=O) groups is 1. The maximum atomic E-state index is 15.1. The van der Waals surface area contributed by atoms with E-state index in [2.05, 4.69) is 20.5 Å². The standard InChI is InChI=1S/C24H21F5N4O5S/c1-12-17(20(34)30-13-6-4-7-14(10-13)39(3,35)36)21(33-32-19(12)24(27,28)29)38-18-15(25)11-16(31-22(18)37-2)23(26)8-5-9-23/h4,6-7,10-11H,5,8-9H2,1-3H3,(H,30,34). The zero-order valence-corrected chi connectivity index (χ0v) is 21.5. The quantitative estimate of drug-likeness (QED) is 0.387. The molecular weight excluding hydrogens is 551 g/mol. The van der Waals surface area contributed by atoms with Gasteiger partial charge in [0.1, 0.15) is 5.56 Å². The van der Waals surface area contributed by atoms with Gasteiger partial charge in [0.15, 0.2) is 27.0 Å². The van der Waals surface area contributed by atoms with Crippen LogP contribution in [0.2, 0.25) is 0 Å². The summed E-state index contributed by atoms with van der Waals surface area (Å²) in [4.78, 5) is 17.0. The fraction of sp³-hybridized carbons (Fsp3) is 0.333. The highest BCUT2D eigenvalue weighted by atomic mass is 32.2. The molecule has 15 heteroatoms. The van der Waals surface area contributed by atoms with E-state index in [-0.39, 0.29) is 29.1 Å². The lowest BCUT2D eigenvalue weighted by Crippen LogP contribution is -2.30. The van der Waals surface area contributed by atoms with E-state index in [9.17, 15) is 30.8 Å². The Kier molecular flexibility index (Phi) is 7.23. The highest BCUT2D eigenvalue weighted by Gasteiger charge is 2.42. The molecule has 0 bridgehead atoms. The number of pyridine rings is 1. The molecule has 1 saturated carbocycles. The number of nitrogens with one attached hydrogen (secondary N) is 1. The molecule has 0 radical (unpaired) electrons. The lowest BCUT2D eigenvalue weighted by molar-refractivity contribution is -0.142. The van der Waals surface area contributed by atoms with Crippen LogP contribution >= 0.6 is 0 Å². The lowest BCUT2D eigenvalue weighted by Gasteiger charge is -2.33. The Hall–Kier alpha value is -3.88. The second-order valence-corrected chi connectivity index (χ2v) is 10.9. The summed E-state index contributed by atoms with van der Waals surface area (Å²) in [5.74, 6) is -4.46. The van der Waals surface area contributed by atoms with Gasteiger partial charge in [0.05, 0.1) is 17.7 Å². The normalized spacial score (nSPS) is 14.9. The summed E-state index contributed by atoms with van der Waals surface area (Å²) in [5, 5.41) is 8.76. The van der Waals surface area contributed by atoms with Crippen molar-refractivity contribution in [1.29, 1.82) is 0 Å². The largest absolute Gasteiger partial charge is 0.478 e. The van der Waals surface area contributed by atoms with Gasteiger partial charge in [-0.3, -0.25) is 4.79 Å². The van der Waals surface area contributed by atoms with Crippen molar-refractivity contribution in [3.05, 3.63) is 58.7 Å². The zero-order chi connectivity index (χ0) is 28.8. The van der Waals surface area contributed by atoms with E-state index in [0.29, 0.717) is 6.42 Å². The van der Waals surface area contributed by atoms with Crippen LogP contribution in [0.4, 0.5) is 27.6 Å². The molecule has 9 nitrogen and oxygen atoms in total. The number of nitrogens with zero attached hydrogens (tertiary/aromatic N) is 3. The van der Waals surface area contributed by atoms with Crippen molar-refractivity contribution in [2.24, 2.45) is 0 Å². The summed E-state index contributed by atoms with van der Waals surface area (Å²) in [7, 11) is -2.58. The van der Waals surface area contributed by atoms with Crippen LogP contribution in [-0.4, -0.2) is 42.9 Å². The summed E-state index contributed by atoms with van der Waals surface area (Å²) in [6.07, 6.45) is -3.25. The summed E-state index contributed by atoms with van der Waals surface area (Å²) in [6.45, 7) is 0.935. The van der Waals surface area contributed by atoms with Crippen molar-refractivity contribution in [2.45, 2.75) is 42.9 Å². The first-order valence-corrected chi connectivity index (χ1v) is 13.2. The minimum Gasteiger partial charge on any atom is -0.478 e. The first kappa shape index (κ1) is 28.1. The van der Waals surface area contributed by atoms with Crippen LogP contribution in [-0.2, 0) is 21.7 Å². The van der Waals surface area contributed by atoms with Crippen LogP contribution in [0, 0.1) is 12.7 Å². The Morgan fingerprint density at radius 2 is 1.82 bits per heavy atom. The number of hydrogen-bond acceptors (Lipinski definition) is 8. The maximum Gasteiger partial charge on any atom is 0.435 e. The van der Waals surface area contributed by atoms with Gasteiger partial charge < -0.3 is 14.8 Å². The number of sulfone groups is 1. The van der Waals surface area contributed by atoms with Crippen molar-refractivity contribution in [1.82, 2.24) is 15.2 Å². The predicted molar refractivity (Wildman–Crippen MR) is 127 cm³/mol. The smallest absolute Gasteiger partial charge is 0.435 e. The molecule has 0 saturated heterocycles. The molecule has 2 heterocycles. The molecule has 2 aromatic heterocycles. The number of rotatable bonds is 7. The lowest BCUT2D eigenvalue weighted by atomic mass is 9.79. The first-order valence-electron chi connectivity index (χ1n) is 11.3. The summed E-state index contributed by atoms with van der Waals surface area (Å²) in [5.41, 5.74) is -5.15. The SMILES string of the molecule is COc1nc(C2(F)CCC2)cc(F)c1Oc1nnc(C(F)(F)F)c(C)c1C(=O)Nc1cccc(S(C)(=O)=O)c1. The van der Waals surface area contributed by atoms with Gasteiger partial charge in [0.25, 0.3) is 17.7 Å². The maximum absolute atomic E-state index is 15.1. The monoisotopic (exact) mass is 572 g/mol. The fourth-order valence-corrected chi connectivity index (χ4v) is 4.55. The van der Waals surface area contributed by atoms with Gasteiger partial charge in [0.2, 0.25) is 5.75 Å².